The number of unbranched alkanes of at least 4 members (excludes halogenated alkanes) is 1. The van der Waals surface area contributed by atoms with Crippen LogP contribution in [-0.2, 0) is 21.2 Å². The Kier molecular flexibility index (Phi) is 8.02. The van der Waals surface area contributed by atoms with Crippen LogP contribution in [-0.4, -0.2) is 34.0 Å². The van der Waals surface area contributed by atoms with Crippen molar-refractivity contribution >= 4 is 27.6 Å². The number of anilines is 1. The summed E-state index contributed by atoms with van der Waals surface area (Å²) in [5.41, 5.74) is 1.27. The fourth-order valence-electron chi connectivity index (χ4n) is 2.45. The summed E-state index contributed by atoms with van der Waals surface area (Å²) in [6.07, 6.45) is 1.82. The Morgan fingerprint density at radius 1 is 1.00 bits per heavy atom. The van der Waals surface area contributed by atoms with Crippen LogP contribution in [0.3, 0.4) is 0 Å². The molecular formula is C20H25N3O5S. The molecule has 2 rings (SSSR count). The molecule has 0 spiro atoms. The molecule has 0 radical (unpaired) electrons. The zero-order valence-corrected chi connectivity index (χ0v) is 17.2. The summed E-state index contributed by atoms with van der Waals surface area (Å²) in [5.74, 6) is 0.470. The van der Waals surface area contributed by atoms with E-state index in [9.17, 15) is 18.0 Å². The topological polar surface area (TPSA) is 114 Å². The van der Waals surface area contributed by atoms with Crippen molar-refractivity contribution in [1.82, 2.24) is 10.0 Å². The van der Waals surface area contributed by atoms with E-state index in [1.165, 1.54) is 24.3 Å². The van der Waals surface area contributed by atoms with Crippen LogP contribution in [0.1, 0.15) is 25.3 Å². The highest BCUT2D eigenvalue weighted by Gasteiger charge is 2.17. The molecule has 156 valence electrons. The third kappa shape index (κ3) is 7.11. The summed E-state index contributed by atoms with van der Waals surface area (Å²) in [6.45, 7) is 2.37. The first-order valence-electron chi connectivity index (χ1n) is 9.17. The minimum Gasteiger partial charge on any atom is -0.497 e. The molecule has 0 aliphatic rings. The van der Waals surface area contributed by atoms with Gasteiger partial charge in [-0.3, -0.25) is 4.79 Å². The average molecular weight is 420 g/mol. The van der Waals surface area contributed by atoms with Gasteiger partial charge in [0, 0.05) is 12.2 Å². The van der Waals surface area contributed by atoms with Gasteiger partial charge in [-0.1, -0.05) is 25.5 Å². The number of sulfonamides is 1. The summed E-state index contributed by atoms with van der Waals surface area (Å²) < 4.78 is 31.5. The van der Waals surface area contributed by atoms with Gasteiger partial charge in [0.05, 0.1) is 18.4 Å². The Labute approximate surface area is 170 Å². The highest BCUT2D eigenvalue weighted by Crippen LogP contribution is 2.15. The van der Waals surface area contributed by atoms with E-state index in [1.807, 2.05) is 11.6 Å². The summed E-state index contributed by atoms with van der Waals surface area (Å²) in [5, 5.41) is 5.19. The van der Waals surface area contributed by atoms with Crippen molar-refractivity contribution in [1.29, 1.82) is 0 Å². The number of nitrogens with one attached hydrogen (secondary N) is 3. The predicted octanol–water partition coefficient (Wildman–Crippen LogP) is 2.66. The van der Waals surface area contributed by atoms with Crippen LogP contribution in [0.2, 0.25) is 0 Å². The van der Waals surface area contributed by atoms with Crippen molar-refractivity contribution in [3.05, 3.63) is 54.1 Å². The van der Waals surface area contributed by atoms with Crippen molar-refractivity contribution in [2.45, 2.75) is 31.1 Å². The van der Waals surface area contributed by atoms with E-state index in [4.69, 9.17) is 4.74 Å². The first kappa shape index (κ1) is 22.2. The summed E-state index contributed by atoms with van der Waals surface area (Å²) in [7, 11) is -2.41. The number of carbonyl (C=O) groups excluding carboxylic acids is 2. The normalized spacial score (nSPS) is 10.8. The lowest BCUT2D eigenvalue weighted by Gasteiger charge is -2.10. The standard InChI is InChI=1S/C20H25N3O5S/c1-3-4-13-21-20(25)23-29(26,27)18-11-7-16(8-12-18)22-19(24)14-15-5-9-17(28-2)10-6-15/h5-12H,3-4,13-14H2,1-2H3,(H,22,24)(H2,21,23,25). The van der Waals surface area contributed by atoms with Crippen molar-refractivity contribution in [3.63, 3.8) is 0 Å². The Bertz CT molecular complexity index is 926. The lowest BCUT2D eigenvalue weighted by Crippen LogP contribution is -2.39. The molecule has 29 heavy (non-hydrogen) atoms. The molecule has 0 bridgehead atoms. The molecule has 2 aromatic rings. The summed E-state index contributed by atoms with van der Waals surface area (Å²) >= 11 is 0. The fraction of sp³-hybridized carbons (Fsp3) is 0.300. The molecule has 0 aromatic heterocycles. The molecule has 8 nitrogen and oxygen atoms in total. The third-order valence-corrected chi connectivity index (χ3v) is 5.36. The first-order valence-corrected chi connectivity index (χ1v) is 10.7. The van der Waals surface area contributed by atoms with E-state index in [1.54, 1.807) is 31.4 Å². The lowest BCUT2D eigenvalue weighted by molar-refractivity contribution is -0.115. The minimum atomic E-state index is -3.98. The second kappa shape index (κ2) is 10.5. The maximum Gasteiger partial charge on any atom is 0.328 e. The highest BCUT2D eigenvalue weighted by atomic mass is 32.2. The molecule has 0 atom stereocenters. The van der Waals surface area contributed by atoms with Gasteiger partial charge in [0.2, 0.25) is 5.91 Å². The molecular weight excluding hydrogens is 394 g/mol. The van der Waals surface area contributed by atoms with Gasteiger partial charge in [-0.15, -0.1) is 0 Å². The number of urea groups is 1. The Morgan fingerprint density at radius 3 is 2.24 bits per heavy atom. The molecule has 3 N–H and O–H groups in total. The SMILES string of the molecule is CCCCNC(=O)NS(=O)(=O)c1ccc(NC(=O)Cc2ccc(OC)cc2)cc1. The lowest BCUT2D eigenvalue weighted by atomic mass is 10.1. The summed E-state index contributed by atoms with van der Waals surface area (Å²) in [6, 6.07) is 12.0. The van der Waals surface area contributed by atoms with Gasteiger partial charge >= 0.3 is 6.03 Å². The van der Waals surface area contributed by atoms with Gasteiger partial charge < -0.3 is 15.4 Å². The smallest absolute Gasteiger partial charge is 0.328 e. The van der Waals surface area contributed by atoms with Crippen molar-refractivity contribution in [3.8, 4) is 5.75 Å². The van der Waals surface area contributed by atoms with Crippen molar-refractivity contribution in [2.75, 3.05) is 19.0 Å². The van der Waals surface area contributed by atoms with Gasteiger partial charge in [0.15, 0.2) is 0 Å². The number of benzene rings is 2. The number of carbonyl (C=O) groups is 2. The van der Waals surface area contributed by atoms with Crippen LogP contribution in [0.25, 0.3) is 0 Å². The number of hydrogen-bond acceptors (Lipinski definition) is 5. The van der Waals surface area contributed by atoms with Crippen molar-refractivity contribution in [2.24, 2.45) is 0 Å². The van der Waals surface area contributed by atoms with E-state index in [-0.39, 0.29) is 17.2 Å². The van der Waals surface area contributed by atoms with Gasteiger partial charge in [-0.05, 0) is 48.4 Å². The molecule has 0 saturated heterocycles. The molecule has 0 unspecified atom stereocenters. The van der Waals surface area contributed by atoms with E-state index >= 15 is 0 Å². The quantitative estimate of drug-likeness (QED) is 0.541. The predicted molar refractivity (Wildman–Crippen MR) is 110 cm³/mol. The summed E-state index contributed by atoms with van der Waals surface area (Å²) in [4.78, 5) is 23.8. The maximum absolute atomic E-state index is 12.2. The van der Waals surface area contributed by atoms with Gasteiger partial charge in [0.25, 0.3) is 10.0 Å². The molecule has 0 fully saturated rings. The second-order valence-electron chi connectivity index (χ2n) is 6.31. The van der Waals surface area contributed by atoms with Gasteiger partial charge in [0.1, 0.15) is 5.75 Å². The average Bonchev–Trinajstić information content (AvgIpc) is 2.69. The van der Waals surface area contributed by atoms with Crippen LogP contribution >= 0.6 is 0 Å². The van der Waals surface area contributed by atoms with E-state index < -0.39 is 16.1 Å². The van der Waals surface area contributed by atoms with Crippen LogP contribution in [0, 0.1) is 0 Å². The zero-order chi connectivity index (χ0) is 21.3. The van der Waals surface area contributed by atoms with Crippen LogP contribution in [0.4, 0.5) is 10.5 Å². The molecule has 0 aliphatic heterocycles. The number of hydrogen-bond donors (Lipinski definition) is 3. The van der Waals surface area contributed by atoms with Gasteiger partial charge in [-0.25, -0.2) is 17.9 Å². The van der Waals surface area contributed by atoms with E-state index in [0.29, 0.717) is 18.0 Å². The van der Waals surface area contributed by atoms with Crippen LogP contribution in [0.5, 0.6) is 5.75 Å². The van der Waals surface area contributed by atoms with Gasteiger partial charge in [-0.2, -0.15) is 0 Å². The molecule has 0 aliphatic carbocycles. The minimum absolute atomic E-state index is 0.0729. The Morgan fingerprint density at radius 2 is 1.66 bits per heavy atom. The molecule has 0 saturated carbocycles. The molecule has 0 heterocycles. The number of ether oxygens (including phenoxy) is 1. The van der Waals surface area contributed by atoms with Crippen LogP contribution < -0.4 is 20.1 Å². The monoisotopic (exact) mass is 419 g/mol. The zero-order valence-electron chi connectivity index (χ0n) is 16.4. The maximum atomic E-state index is 12.2. The first-order chi connectivity index (χ1) is 13.8. The Hall–Kier alpha value is -3.07. The number of amides is 3. The highest BCUT2D eigenvalue weighted by molar-refractivity contribution is 7.90. The second-order valence-corrected chi connectivity index (χ2v) is 7.99. The molecule has 9 heteroatoms. The molecule has 2 aromatic carbocycles. The fourth-order valence-corrected chi connectivity index (χ4v) is 3.38. The van der Waals surface area contributed by atoms with Crippen LogP contribution in [0.15, 0.2) is 53.4 Å². The third-order valence-electron chi connectivity index (χ3n) is 4.02. The van der Waals surface area contributed by atoms with Crippen molar-refractivity contribution < 1.29 is 22.7 Å². The van der Waals surface area contributed by atoms with E-state index in [0.717, 1.165) is 18.4 Å². The van der Waals surface area contributed by atoms with E-state index in [2.05, 4.69) is 10.6 Å². The largest absolute Gasteiger partial charge is 0.497 e. The number of rotatable bonds is 9. The molecule has 3 amide bonds. The Balaban J connectivity index is 1.92. The number of methoxy groups -OCH3 is 1.